The van der Waals surface area contributed by atoms with Crippen molar-refractivity contribution in [1.29, 1.82) is 0 Å². The van der Waals surface area contributed by atoms with Crippen LogP contribution in [-0.4, -0.2) is 42.5 Å². The van der Waals surface area contributed by atoms with E-state index >= 15 is 0 Å². The van der Waals surface area contributed by atoms with Crippen LogP contribution in [0.25, 0.3) is 0 Å². The summed E-state index contributed by atoms with van der Waals surface area (Å²) in [6.45, 7) is 0.684. The van der Waals surface area contributed by atoms with Crippen molar-refractivity contribution in [2.75, 3.05) is 19.6 Å². The molecule has 0 aliphatic carbocycles. The highest BCUT2D eigenvalue weighted by Crippen LogP contribution is 2.47. The fourth-order valence-corrected chi connectivity index (χ4v) is 3.65. The normalized spacial score (nSPS) is 27.5. The summed E-state index contributed by atoms with van der Waals surface area (Å²) in [6.07, 6.45) is -5.60. The van der Waals surface area contributed by atoms with Crippen LogP contribution in [0.3, 0.4) is 0 Å². The summed E-state index contributed by atoms with van der Waals surface area (Å²) in [5, 5.41) is 2.81. The quantitative estimate of drug-likeness (QED) is 0.904. The molecule has 0 aromatic heterocycles. The third kappa shape index (κ3) is 2.92. The predicted octanol–water partition coefficient (Wildman–Crippen LogP) is 2.07. The van der Waals surface area contributed by atoms with Crippen molar-refractivity contribution < 1.29 is 22.8 Å². The van der Waals surface area contributed by atoms with Crippen LogP contribution in [0.5, 0.6) is 0 Å². The van der Waals surface area contributed by atoms with E-state index in [4.69, 9.17) is 0 Å². The van der Waals surface area contributed by atoms with Gasteiger partial charge in [-0.05, 0) is 12.0 Å². The molecule has 2 aliphatic heterocycles. The number of likely N-dealkylation sites (tertiary alicyclic amines) is 1. The molecule has 1 spiro atoms. The van der Waals surface area contributed by atoms with Gasteiger partial charge in [-0.1, -0.05) is 30.3 Å². The number of carbonyl (C=O) groups is 2. The van der Waals surface area contributed by atoms with Crippen molar-refractivity contribution in [1.82, 2.24) is 10.2 Å². The first-order valence-electron chi connectivity index (χ1n) is 7.50. The standard InChI is InChI=1S/C16H17F3N2O2/c17-16(18,19)8-13(22)21-7-6-15(10-21)12(9-20-14(15)23)11-4-2-1-3-5-11/h1-5,12H,6-10H2,(H,20,23)/t12-,15+/m0/s1. The van der Waals surface area contributed by atoms with Gasteiger partial charge in [-0.3, -0.25) is 9.59 Å². The summed E-state index contributed by atoms with van der Waals surface area (Å²) in [5.41, 5.74) is 0.152. The van der Waals surface area contributed by atoms with Crippen molar-refractivity contribution in [3.05, 3.63) is 35.9 Å². The van der Waals surface area contributed by atoms with E-state index in [2.05, 4.69) is 5.32 Å². The molecule has 2 fully saturated rings. The van der Waals surface area contributed by atoms with Gasteiger partial charge in [0.15, 0.2) is 0 Å². The molecule has 7 heteroatoms. The van der Waals surface area contributed by atoms with Crippen LogP contribution in [0.2, 0.25) is 0 Å². The highest BCUT2D eigenvalue weighted by atomic mass is 19.4. The molecule has 2 heterocycles. The molecule has 0 radical (unpaired) electrons. The van der Waals surface area contributed by atoms with E-state index in [-0.39, 0.29) is 24.9 Å². The van der Waals surface area contributed by atoms with E-state index in [1.165, 1.54) is 4.90 Å². The highest BCUT2D eigenvalue weighted by molar-refractivity contribution is 5.88. The van der Waals surface area contributed by atoms with Crippen LogP contribution in [0, 0.1) is 5.41 Å². The van der Waals surface area contributed by atoms with Crippen LogP contribution in [0.4, 0.5) is 13.2 Å². The third-order valence-corrected chi connectivity index (χ3v) is 4.79. The second-order valence-corrected chi connectivity index (χ2v) is 6.19. The molecule has 1 aromatic carbocycles. The first-order chi connectivity index (χ1) is 10.8. The zero-order valence-corrected chi connectivity index (χ0v) is 12.4. The highest BCUT2D eigenvalue weighted by Gasteiger charge is 2.55. The van der Waals surface area contributed by atoms with Gasteiger partial charge >= 0.3 is 6.18 Å². The van der Waals surface area contributed by atoms with E-state index in [1.807, 2.05) is 30.3 Å². The van der Waals surface area contributed by atoms with Crippen molar-refractivity contribution in [3.63, 3.8) is 0 Å². The number of alkyl halides is 3. The molecule has 3 rings (SSSR count). The minimum Gasteiger partial charge on any atom is -0.355 e. The Labute approximate surface area is 131 Å². The van der Waals surface area contributed by atoms with Crippen LogP contribution >= 0.6 is 0 Å². The second kappa shape index (κ2) is 5.54. The van der Waals surface area contributed by atoms with Gasteiger partial charge < -0.3 is 10.2 Å². The van der Waals surface area contributed by atoms with Crippen molar-refractivity contribution in [3.8, 4) is 0 Å². The number of hydrogen-bond donors (Lipinski definition) is 1. The van der Waals surface area contributed by atoms with Crippen LogP contribution in [-0.2, 0) is 9.59 Å². The molecule has 2 aliphatic rings. The molecule has 2 amide bonds. The van der Waals surface area contributed by atoms with E-state index in [0.717, 1.165) is 5.56 Å². The molecule has 2 atom stereocenters. The lowest BCUT2D eigenvalue weighted by atomic mass is 9.73. The molecule has 1 N–H and O–H groups in total. The maximum Gasteiger partial charge on any atom is 0.397 e. The molecular formula is C16H17F3N2O2. The van der Waals surface area contributed by atoms with Gasteiger partial charge in [0.25, 0.3) is 0 Å². The molecule has 0 bridgehead atoms. The monoisotopic (exact) mass is 326 g/mol. The number of carbonyl (C=O) groups excluding carboxylic acids is 2. The Morgan fingerprint density at radius 1 is 1.30 bits per heavy atom. The van der Waals surface area contributed by atoms with Crippen molar-refractivity contribution in [2.45, 2.75) is 24.9 Å². The number of amides is 2. The minimum absolute atomic E-state index is 0.0489. The molecule has 1 aromatic rings. The third-order valence-electron chi connectivity index (χ3n) is 4.79. The summed E-state index contributed by atoms with van der Waals surface area (Å²) < 4.78 is 37.3. The van der Waals surface area contributed by atoms with Gasteiger partial charge in [0.1, 0.15) is 6.42 Å². The van der Waals surface area contributed by atoms with Gasteiger partial charge in [-0.2, -0.15) is 13.2 Å². The van der Waals surface area contributed by atoms with Crippen LogP contribution < -0.4 is 5.32 Å². The Bertz CT molecular complexity index is 618. The van der Waals surface area contributed by atoms with E-state index < -0.39 is 23.9 Å². The lowest BCUT2D eigenvalue weighted by Crippen LogP contribution is -2.40. The summed E-state index contributed by atoms with van der Waals surface area (Å²) in [4.78, 5) is 25.4. The molecule has 4 nitrogen and oxygen atoms in total. The molecule has 0 unspecified atom stereocenters. The topological polar surface area (TPSA) is 49.4 Å². The Morgan fingerprint density at radius 2 is 2.00 bits per heavy atom. The summed E-state index contributed by atoms with van der Waals surface area (Å²) >= 11 is 0. The van der Waals surface area contributed by atoms with Crippen LogP contribution in [0.15, 0.2) is 30.3 Å². The Balaban J connectivity index is 1.81. The van der Waals surface area contributed by atoms with Crippen LogP contribution in [0.1, 0.15) is 24.3 Å². The average Bonchev–Trinajstić information content (AvgIpc) is 3.05. The maximum absolute atomic E-state index is 12.4. The van der Waals surface area contributed by atoms with E-state index in [1.54, 1.807) is 0 Å². The lowest BCUT2D eigenvalue weighted by Gasteiger charge is -2.28. The van der Waals surface area contributed by atoms with Crippen molar-refractivity contribution >= 4 is 11.8 Å². The van der Waals surface area contributed by atoms with Gasteiger partial charge in [0, 0.05) is 25.6 Å². The van der Waals surface area contributed by atoms with Gasteiger partial charge in [-0.15, -0.1) is 0 Å². The van der Waals surface area contributed by atoms with Gasteiger partial charge in [0.2, 0.25) is 11.8 Å². The molecule has 23 heavy (non-hydrogen) atoms. The smallest absolute Gasteiger partial charge is 0.355 e. The number of benzene rings is 1. The number of rotatable bonds is 2. The predicted molar refractivity (Wildman–Crippen MR) is 76.5 cm³/mol. The number of nitrogens with one attached hydrogen (secondary N) is 1. The molecular weight excluding hydrogens is 309 g/mol. The first-order valence-corrected chi connectivity index (χ1v) is 7.50. The van der Waals surface area contributed by atoms with Crippen molar-refractivity contribution in [2.24, 2.45) is 5.41 Å². The fourth-order valence-electron chi connectivity index (χ4n) is 3.65. The second-order valence-electron chi connectivity index (χ2n) is 6.19. The largest absolute Gasteiger partial charge is 0.397 e. The zero-order chi connectivity index (χ0) is 16.7. The summed E-state index contributed by atoms with van der Waals surface area (Å²) in [7, 11) is 0. The lowest BCUT2D eigenvalue weighted by molar-refractivity contribution is -0.160. The zero-order valence-electron chi connectivity index (χ0n) is 12.4. The molecule has 124 valence electrons. The Hall–Kier alpha value is -2.05. The number of nitrogens with zero attached hydrogens (tertiary/aromatic N) is 1. The SMILES string of the molecule is O=C(CC(F)(F)F)N1CC[C@]2(C1)C(=O)NC[C@H]2c1ccccc1. The van der Waals surface area contributed by atoms with E-state index in [9.17, 15) is 22.8 Å². The van der Waals surface area contributed by atoms with Gasteiger partial charge in [-0.25, -0.2) is 0 Å². The number of halogens is 3. The Morgan fingerprint density at radius 3 is 2.65 bits per heavy atom. The average molecular weight is 326 g/mol. The summed E-state index contributed by atoms with van der Waals surface area (Å²) in [5.74, 6) is -1.26. The first kappa shape index (κ1) is 15.8. The Kier molecular flexibility index (Phi) is 3.82. The summed E-state index contributed by atoms with van der Waals surface area (Å²) in [6, 6.07) is 9.43. The maximum atomic E-state index is 12.4. The minimum atomic E-state index is -4.52. The number of hydrogen-bond acceptors (Lipinski definition) is 2. The van der Waals surface area contributed by atoms with Gasteiger partial charge in [0.05, 0.1) is 5.41 Å². The molecule has 0 saturated carbocycles. The fraction of sp³-hybridized carbons (Fsp3) is 0.500. The molecule has 2 saturated heterocycles. The van der Waals surface area contributed by atoms with E-state index in [0.29, 0.717) is 13.0 Å².